The lowest BCUT2D eigenvalue weighted by Crippen LogP contribution is -2.10. The molecule has 0 spiro atoms. The molecule has 0 saturated carbocycles. The lowest BCUT2D eigenvalue weighted by molar-refractivity contribution is 0.670. The van der Waals surface area contributed by atoms with Crippen LogP contribution in [0.2, 0.25) is 0 Å². The van der Waals surface area contributed by atoms with E-state index in [1.807, 2.05) is 23.5 Å². The summed E-state index contributed by atoms with van der Waals surface area (Å²) in [7, 11) is 0. The summed E-state index contributed by atoms with van der Waals surface area (Å²) in [5.41, 5.74) is 11.5. The van der Waals surface area contributed by atoms with E-state index in [1.165, 1.54) is 31.3 Å². The molecule has 56 heavy (non-hydrogen) atoms. The minimum absolute atomic E-state index is 0.903. The zero-order valence-electron chi connectivity index (χ0n) is 30.1. The maximum atomic E-state index is 6.87. The SMILES string of the molecule is c1ccc(-c2cccc(N(c3ccc(-c4cccc5c4oc4ccccc45)cc3)c3cccc4c3sc3ccc5c6ccc7ccccc7c6oc5c34)c2)cc1. The molecule has 12 rings (SSSR count). The van der Waals surface area contributed by atoms with E-state index in [4.69, 9.17) is 8.83 Å². The van der Waals surface area contributed by atoms with E-state index in [9.17, 15) is 0 Å². The van der Waals surface area contributed by atoms with Crippen LogP contribution in [-0.2, 0) is 0 Å². The first-order chi connectivity index (χ1) is 27.8. The van der Waals surface area contributed by atoms with Crippen LogP contribution in [0.25, 0.3) is 97.1 Å². The highest BCUT2D eigenvalue weighted by Crippen LogP contribution is 2.49. The number of furan rings is 2. The van der Waals surface area contributed by atoms with Gasteiger partial charge in [-0.2, -0.15) is 0 Å². The van der Waals surface area contributed by atoms with Crippen molar-refractivity contribution in [1.29, 1.82) is 0 Å². The molecule has 0 fully saturated rings. The summed E-state index contributed by atoms with van der Waals surface area (Å²) in [6.45, 7) is 0. The van der Waals surface area contributed by atoms with Crippen LogP contribution in [-0.4, -0.2) is 0 Å². The van der Waals surface area contributed by atoms with Gasteiger partial charge in [0.1, 0.15) is 22.3 Å². The standard InChI is InChI=1S/C52H31NO2S/c1-2-11-32(12-3-1)35-14-8-15-37(31-35)53(36-26-23-34(24-27-36)39-18-9-19-41-40-17-6-7-22-46(40)54-49(39)41)45-21-10-20-44-48-47(56-52(44)45)30-29-43-42-28-25-33-13-4-5-16-38(33)50(42)55-51(43)48/h1-31H. The van der Waals surface area contributed by atoms with Gasteiger partial charge in [0.05, 0.1) is 10.4 Å². The second-order valence-electron chi connectivity index (χ2n) is 14.4. The third-order valence-corrected chi connectivity index (χ3v) is 12.5. The van der Waals surface area contributed by atoms with Crippen LogP contribution < -0.4 is 4.90 Å². The van der Waals surface area contributed by atoms with Gasteiger partial charge in [0.25, 0.3) is 0 Å². The van der Waals surface area contributed by atoms with E-state index < -0.39 is 0 Å². The van der Waals surface area contributed by atoms with Gasteiger partial charge in [-0.1, -0.05) is 133 Å². The Morgan fingerprint density at radius 2 is 1.09 bits per heavy atom. The number of hydrogen-bond acceptors (Lipinski definition) is 4. The minimum Gasteiger partial charge on any atom is -0.455 e. The normalized spacial score (nSPS) is 11.9. The van der Waals surface area contributed by atoms with Crippen molar-refractivity contribution in [3.8, 4) is 22.3 Å². The summed E-state index contributed by atoms with van der Waals surface area (Å²) in [4.78, 5) is 2.40. The monoisotopic (exact) mass is 733 g/mol. The average Bonchev–Trinajstić information content (AvgIpc) is 3.96. The molecular weight excluding hydrogens is 703 g/mol. The Kier molecular flexibility index (Phi) is 6.80. The van der Waals surface area contributed by atoms with Gasteiger partial charge >= 0.3 is 0 Å². The molecule has 0 unspecified atom stereocenters. The van der Waals surface area contributed by atoms with Crippen molar-refractivity contribution in [2.24, 2.45) is 0 Å². The second kappa shape index (κ2) is 12.2. The van der Waals surface area contributed by atoms with Crippen LogP contribution in [0.5, 0.6) is 0 Å². The molecule has 0 aliphatic heterocycles. The fourth-order valence-corrected chi connectivity index (χ4v) is 9.86. The van der Waals surface area contributed by atoms with E-state index >= 15 is 0 Å². The number of nitrogens with zero attached hydrogens (tertiary/aromatic N) is 1. The molecule has 0 N–H and O–H groups in total. The smallest absolute Gasteiger partial charge is 0.144 e. The highest BCUT2D eigenvalue weighted by Gasteiger charge is 2.22. The highest BCUT2D eigenvalue weighted by atomic mass is 32.1. The Bertz CT molecular complexity index is 3480. The second-order valence-corrected chi connectivity index (χ2v) is 15.5. The number of benzene rings is 9. The van der Waals surface area contributed by atoms with Crippen LogP contribution in [0, 0.1) is 0 Å². The van der Waals surface area contributed by atoms with E-state index in [-0.39, 0.29) is 0 Å². The van der Waals surface area contributed by atoms with Crippen molar-refractivity contribution in [3.05, 3.63) is 188 Å². The van der Waals surface area contributed by atoms with Gasteiger partial charge in [0.15, 0.2) is 0 Å². The molecule has 4 heteroatoms. The largest absolute Gasteiger partial charge is 0.455 e. The number of para-hydroxylation sites is 2. The molecule has 0 saturated heterocycles. The summed E-state index contributed by atoms with van der Waals surface area (Å²) in [6.07, 6.45) is 0. The van der Waals surface area contributed by atoms with Crippen molar-refractivity contribution in [2.45, 2.75) is 0 Å². The molecule has 3 heterocycles. The molecule has 0 amide bonds. The summed E-state index contributed by atoms with van der Waals surface area (Å²) < 4.78 is 15.7. The van der Waals surface area contributed by atoms with E-state index in [2.05, 4.69) is 181 Å². The summed E-state index contributed by atoms with van der Waals surface area (Å²) in [5.74, 6) is 0. The first kappa shape index (κ1) is 31.2. The van der Waals surface area contributed by atoms with Gasteiger partial charge in [0, 0.05) is 59.3 Å². The maximum Gasteiger partial charge on any atom is 0.144 e. The van der Waals surface area contributed by atoms with Crippen LogP contribution in [0.3, 0.4) is 0 Å². The molecule has 9 aromatic carbocycles. The van der Waals surface area contributed by atoms with Gasteiger partial charge < -0.3 is 13.7 Å². The third kappa shape index (κ3) is 4.70. The fraction of sp³-hybridized carbons (Fsp3) is 0. The molecule has 0 aliphatic rings. The number of hydrogen-bond donors (Lipinski definition) is 0. The maximum absolute atomic E-state index is 6.87. The van der Waals surface area contributed by atoms with E-state index in [1.54, 1.807) is 0 Å². The lowest BCUT2D eigenvalue weighted by atomic mass is 10.0. The quantitative estimate of drug-likeness (QED) is 0.176. The molecule has 0 bridgehead atoms. The van der Waals surface area contributed by atoms with Crippen LogP contribution >= 0.6 is 11.3 Å². The Morgan fingerprint density at radius 1 is 0.393 bits per heavy atom. The fourth-order valence-electron chi connectivity index (χ4n) is 8.65. The summed E-state index contributed by atoms with van der Waals surface area (Å²) in [5, 5.41) is 9.23. The first-order valence-electron chi connectivity index (χ1n) is 18.9. The van der Waals surface area contributed by atoms with Gasteiger partial charge in [-0.15, -0.1) is 11.3 Å². The molecule has 0 aliphatic carbocycles. The molecular formula is C52H31NO2S. The van der Waals surface area contributed by atoms with Crippen molar-refractivity contribution in [3.63, 3.8) is 0 Å². The number of rotatable bonds is 5. The molecule has 3 aromatic heterocycles. The van der Waals surface area contributed by atoms with E-state index in [0.717, 1.165) is 82.8 Å². The van der Waals surface area contributed by atoms with Crippen LogP contribution in [0.4, 0.5) is 17.1 Å². The Morgan fingerprint density at radius 3 is 2.00 bits per heavy atom. The number of thiophene rings is 1. The van der Waals surface area contributed by atoms with Crippen molar-refractivity contribution < 1.29 is 8.83 Å². The zero-order valence-corrected chi connectivity index (χ0v) is 30.9. The zero-order chi connectivity index (χ0) is 36.7. The van der Waals surface area contributed by atoms with Gasteiger partial charge in [-0.3, -0.25) is 0 Å². The summed E-state index contributed by atoms with van der Waals surface area (Å²) >= 11 is 1.82. The van der Waals surface area contributed by atoms with E-state index in [0.29, 0.717) is 0 Å². The Hall–Kier alpha value is -7.14. The highest BCUT2D eigenvalue weighted by molar-refractivity contribution is 7.26. The van der Waals surface area contributed by atoms with Gasteiger partial charge in [0.2, 0.25) is 0 Å². The predicted octanol–water partition coefficient (Wildman–Crippen LogP) is 15.8. The molecule has 12 aromatic rings. The van der Waals surface area contributed by atoms with Gasteiger partial charge in [-0.05, 0) is 76.7 Å². The lowest BCUT2D eigenvalue weighted by Gasteiger charge is -2.27. The first-order valence-corrected chi connectivity index (χ1v) is 19.7. The minimum atomic E-state index is 0.903. The van der Waals surface area contributed by atoms with Crippen molar-refractivity contribution in [2.75, 3.05) is 4.90 Å². The third-order valence-electron chi connectivity index (χ3n) is 11.3. The predicted molar refractivity (Wildman–Crippen MR) is 237 cm³/mol. The average molecular weight is 734 g/mol. The Labute approximate surface area is 325 Å². The number of fused-ring (bicyclic) bond motifs is 12. The Balaban J connectivity index is 1.06. The molecule has 0 atom stereocenters. The molecule has 0 radical (unpaired) electrons. The van der Waals surface area contributed by atoms with Crippen molar-refractivity contribution in [1.82, 2.24) is 0 Å². The molecule has 262 valence electrons. The van der Waals surface area contributed by atoms with Crippen LogP contribution in [0.15, 0.2) is 197 Å². The molecule has 3 nitrogen and oxygen atoms in total. The summed E-state index contributed by atoms with van der Waals surface area (Å²) in [6, 6.07) is 67.1. The topological polar surface area (TPSA) is 29.5 Å². The number of anilines is 3. The van der Waals surface area contributed by atoms with Crippen molar-refractivity contribution >= 4 is 103 Å². The van der Waals surface area contributed by atoms with Crippen LogP contribution in [0.1, 0.15) is 0 Å². The van der Waals surface area contributed by atoms with Gasteiger partial charge in [-0.25, -0.2) is 0 Å².